The molecule has 1 saturated carbocycles. The first-order valence-electron chi connectivity index (χ1n) is 7.48. The Morgan fingerprint density at radius 2 is 1.67 bits per heavy atom. The third kappa shape index (κ3) is 3.71. The van der Waals surface area contributed by atoms with E-state index in [0.29, 0.717) is 17.8 Å². The molecule has 1 saturated heterocycles. The number of esters is 1. The molecule has 1 N–H and O–H groups in total. The first kappa shape index (κ1) is 13.9. The Morgan fingerprint density at radius 1 is 1.00 bits per heavy atom. The van der Waals surface area contributed by atoms with Crippen molar-refractivity contribution in [3.8, 4) is 0 Å². The third-order valence-electron chi connectivity index (χ3n) is 4.37. The van der Waals surface area contributed by atoms with Crippen LogP contribution >= 0.6 is 0 Å². The Morgan fingerprint density at radius 3 is 2.28 bits per heavy atom. The lowest BCUT2D eigenvalue weighted by Gasteiger charge is -2.33. The van der Waals surface area contributed by atoms with Gasteiger partial charge in [0.1, 0.15) is 12.1 Å². The summed E-state index contributed by atoms with van der Waals surface area (Å²) in [6.07, 6.45) is 5.59. The van der Waals surface area contributed by atoms with Gasteiger partial charge in [-0.15, -0.1) is 0 Å². The molecule has 3 heteroatoms. The number of ether oxygens (including phenoxy) is 1. The normalized spacial score (nSPS) is 41.4. The molecule has 4 atom stereocenters. The molecule has 104 valence electrons. The van der Waals surface area contributed by atoms with Crippen molar-refractivity contribution in [1.29, 1.82) is 0 Å². The van der Waals surface area contributed by atoms with Crippen LogP contribution in [0.15, 0.2) is 0 Å². The molecule has 2 rings (SSSR count). The molecule has 1 heterocycles. The van der Waals surface area contributed by atoms with Crippen LogP contribution in [0.4, 0.5) is 0 Å². The molecule has 0 radical (unpaired) electrons. The lowest BCUT2D eigenvalue weighted by molar-refractivity contribution is -0.155. The first-order valence-corrected chi connectivity index (χ1v) is 7.48. The molecule has 0 amide bonds. The maximum Gasteiger partial charge on any atom is 0.323 e. The van der Waals surface area contributed by atoms with E-state index in [-0.39, 0.29) is 18.1 Å². The van der Waals surface area contributed by atoms with Crippen molar-refractivity contribution in [2.75, 3.05) is 6.54 Å². The van der Waals surface area contributed by atoms with Crippen LogP contribution in [-0.2, 0) is 9.53 Å². The van der Waals surface area contributed by atoms with E-state index in [0.717, 1.165) is 25.8 Å². The molecule has 3 nitrogen and oxygen atoms in total. The topological polar surface area (TPSA) is 38.3 Å². The zero-order chi connectivity index (χ0) is 13.1. The van der Waals surface area contributed by atoms with Crippen LogP contribution in [0.25, 0.3) is 0 Å². The summed E-state index contributed by atoms with van der Waals surface area (Å²) in [7, 11) is 0. The average molecular weight is 253 g/mol. The first-order chi connectivity index (χ1) is 8.54. The number of nitrogens with one attached hydrogen (secondary N) is 1. The minimum absolute atomic E-state index is 0.0205. The van der Waals surface area contributed by atoms with Crippen LogP contribution < -0.4 is 5.32 Å². The summed E-state index contributed by atoms with van der Waals surface area (Å²) in [4.78, 5) is 12.1. The van der Waals surface area contributed by atoms with Gasteiger partial charge in [0.2, 0.25) is 0 Å². The highest BCUT2D eigenvalue weighted by Gasteiger charge is 2.31. The summed E-state index contributed by atoms with van der Waals surface area (Å²) in [5.41, 5.74) is 0. The maximum atomic E-state index is 12.1. The summed E-state index contributed by atoms with van der Waals surface area (Å²) in [5, 5.41) is 3.29. The van der Waals surface area contributed by atoms with Crippen LogP contribution in [0.1, 0.15) is 52.9 Å². The minimum atomic E-state index is -0.0683. The van der Waals surface area contributed by atoms with Crippen molar-refractivity contribution in [1.82, 2.24) is 5.32 Å². The van der Waals surface area contributed by atoms with Crippen molar-refractivity contribution < 1.29 is 9.53 Å². The van der Waals surface area contributed by atoms with E-state index in [2.05, 4.69) is 26.1 Å². The minimum Gasteiger partial charge on any atom is -0.461 e. The second-order valence-corrected chi connectivity index (χ2v) is 6.61. The fourth-order valence-electron chi connectivity index (χ4n) is 3.50. The second-order valence-electron chi connectivity index (χ2n) is 6.61. The number of carbonyl (C=O) groups is 1. The monoisotopic (exact) mass is 253 g/mol. The van der Waals surface area contributed by atoms with E-state index >= 15 is 0 Å². The molecule has 4 unspecified atom stereocenters. The van der Waals surface area contributed by atoms with Gasteiger partial charge >= 0.3 is 5.97 Å². The Labute approximate surface area is 111 Å². The predicted octanol–water partition coefficient (Wildman–Crippen LogP) is 2.74. The lowest BCUT2D eigenvalue weighted by Crippen LogP contribution is -2.45. The summed E-state index contributed by atoms with van der Waals surface area (Å²) >= 11 is 0. The van der Waals surface area contributed by atoms with E-state index < -0.39 is 0 Å². The standard InChI is InChI=1S/C15H27NO2/c1-10-4-5-16-14(9-10)15(17)18-13-7-11(2)6-12(3)8-13/h10-14,16H,4-9H2,1-3H3. The summed E-state index contributed by atoms with van der Waals surface area (Å²) < 4.78 is 5.72. The van der Waals surface area contributed by atoms with Gasteiger partial charge in [0.15, 0.2) is 0 Å². The maximum absolute atomic E-state index is 12.1. The van der Waals surface area contributed by atoms with E-state index in [1.54, 1.807) is 0 Å². The van der Waals surface area contributed by atoms with Gasteiger partial charge < -0.3 is 10.1 Å². The second kappa shape index (κ2) is 6.05. The largest absolute Gasteiger partial charge is 0.461 e. The lowest BCUT2D eigenvalue weighted by atomic mass is 9.82. The molecule has 2 fully saturated rings. The van der Waals surface area contributed by atoms with Crippen LogP contribution in [0.5, 0.6) is 0 Å². The van der Waals surface area contributed by atoms with Gasteiger partial charge in [-0.2, -0.15) is 0 Å². The van der Waals surface area contributed by atoms with Gasteiger partial charge in [0.05, 0.1) is 0 Å². The van der Waals surface area contributed by atoms with Gasteiger partial charge in [-0.1, -0.05) is 20.8 Å². The Kier molecular flexibility index (Phi) is 4.66. The number of hydrogen-bond acceptors (Lipinski definition) is 3. The zero-order valence-corrected chi connectivity index (χ0v) is 11.9. The van der Waals surface area contributed by atoms with Crippen LogP contribution in [0.3, 0.4) is 0 Å². The highest BCUT2D eigenvalue weighted by Crippen LogP contribution is 2.30. The highest BCUT2D eigenvalue weighted by atomic mass is 16.5. The number of carbonyl (C=O) groups excluding carboxylic acids is 1. The molecular formula is C15H27NO2. The Hall–Kier alpha value is -0.570. The SMILES string of the molecule is CC1CC(C)CC(OC(=O)C2CC(C)CCN2)C1. The summed E-state index contributed by atoms with van der Waals surface area (Å²) in [6, 6.07) is -0.0683. The van der Waals surface area contributed by atoms with E-state index in [4.69, 9.17) is 4.74 Å². The zero-order valence-electron chi connectivity index (χ0n) is 11.9. The summed E-state index contributed by atoms with van der Waals surface area (Å²) in [5.74, 6) is 1.98. The van der Waals surface area contributed by atoms with Crippen LogP contribution in [0, 0.1) is 17.8 Å². The molecule has 0 aromatic rings. The average Bonchev–Trinajstić information content (AvgIpc) is 2.27. The molecule has 18 heavy (non-hydrogen) atoms. The number of piperidine rings is 1. The Bertz CT molecular complexity index is 282. The van der Waals surface area contributed by atoms with Crippen molar-refractivity contribution >= 4 is 5.97 Å². The third-order valence-corrected chi connectivity index (χ3v) is 4.37. The molecule has 0 spiro atoms. The molecular weight excluding hydrogens is 226 g/mol. The van der Waals surface area contributed by atoms with Gasteiger partial charge in [-0.25, -0.2) is 0 Å². The van der Waals surface area contributed by atoms with Gasteiger partial charge in [-0.05, 0) is 56.4 Å². The van der Waals surface area contributed by atoms with Crippen molar-refractivity contribution in [3.05, 3.63) is 0 Å². The molecule has 1 aliphatic heterocycles. The number of rotatable bonds is 2. The fraction of sp³-hybridized carbons (Fsp3) is 0.933. The predicted molar refractivity (Wildman–Crippen MR) is 72.2 cm³/mol. The van der Waals surface area contributed by atoms with E-state index in [9.17, 15) is 4.79 Å². The summed E-state index contributed by atoms with van der Waals surface area (Å²) in [6.45, 7) is 7.68. The quantitative estimate of drug-likeness (QED) is 0.769. The molecule has 0 bridgehead atoms. The molecule has 0 aromatic carbocycles. The molecule has 0 aromatic heterocycles. The highest BCUT2D eigenvalue weighted by molar-refractivity contribution is 5.76. The van der Waals surface area contributed by atoms with E-state index in [1.807, 2.05) is 0 Å². The van der Waals surface area contributed by atoms with Gasteiger partial charge in [0.25, 0.3) is 0 Å². The van der Waals surface area contributed by atoms with E-state index in [1.165, 1.54) is 12.8 Å². The van der Waals surface area contributed by atoms with Crippen LogP contribution in [0.2, 0.25) is 0 Å². The van der Waals surface area contributed by atoms with Gasteiger partial charge in [-0.3, -0.25) is 4.79 Å². The fourth-order valence-corrected chi connectivity index (χ4v) is 3.50. The van der Waals surface area contributed by atoms with Crippen LogP contribution in [-0.4, -0.2) is 24.7 Å². The van der Waals surface area contributed by atoms with Crippen molar-refractivity contribution in [3.63, 3.8) is 0 Å². The number of hydrogen-bond donors (Lipinski definition) is 1. The molecule has 2 aliphatic rings. The Balaban J connectivity index is 1.83. The smallest absolute Gasteiger partial charge is 0.323 e. The van der Waals surface area contributed by atoms with Crippen molar-refractivity contribution in [2.45, 2.75) is 65.0 Å². The van der Waals surface area contributed by atoms with Crippen molar-refractivity contribution in [2.24, 2.45) is 17.8 Å². The van der Waals surface area contributed by atoms with Gasteiger partial charge in [0, 0.05) is 0 Å². The molecule has 1 aliphatic carbocycles.